The fourth-order valence-electron chi connectivity index (χ4n) is 0.791. The summed E-state index contributed by atoms with van der Waals surface area (Å²) in [6.45, 7) is 1.65. The van der Waals surface area contributed by atoms with E-state index in [1.165, 1.54) is 6.07 Å². The molecule has 0 saturated carbocycles. The quantitative estimate of drug-likeness (QED) is 0.720. The maximum absolute atomic E-state index is 10.5. The number of aromatic hydroxyl groups is 1. The fourth-order valence-corrected chi connectivity index (χ4v) is 1.28. The van der Waals surface area contributed by atoms with Gasteiger partial charge in [0.1, 0.15) is 10.2 Å². The van der Waals surface area contributed by atoms with Crippen LogP contribution in [-0.2, 0) is 0 Å². The third-order valence-electron chi connectivity index (χ3n) is 1.31. The lowest BCUT2D eigenvalue weighted by molar-refractivity contribution is 0.0693. The van der Waals surface area contributed by atoms with E-state index < -0.39 is 5.97 Å². The zero-order valence-corrected chi connectivity index (χ0v) is 7.79. The van der Waals surface area contributed by atoms with Gasteiger partial charge in [-0.3, -0.25) is 0 Å². The molecule has 0 aliphatic carbocycles. The van der Waals surface area contributed by atoms with Gasteiger partial charge in [-0.15, -0.1) is 0 Å². The Morgan fingerprint density at radius 1 is 1.67 bits per heavy atom. The Morgan fingerprint density at radius 3 is 2.75 bits per heavy atom. The van der Waals surface area contributed by atoms with Crippen molar-refractivity contribution in [1.82, 2.24) is 4.98 Å². The molecule has 0 amide bonds. The Kier molecular flexibility index (Phi) is 2.32. The minimum atomic E-state index is -1.17. The van der Waals surface area contributed by atoms with Crippen molar-refractivity contribution >= 4 is 21.9 Å². The second kappa shape index (κ2) is 3.10. The second-order valence-electron chi connectivity index (χ2n) is 2.26. The van der Waals surface area contributed by atoms with Gasteiger partial charge in [0.15, 0.2) is 5.75 Å². The SMILES string of the molecule is Cc1cc(C(=O)O)c(O)c(Br)n1. The summed E-state index contributed by atoms with van der Waals surface area (Å²) in [5, 5.41) is 17.8. The lowest BCUT2D eigenvalue weighted by atomic mass is 10.2. The molecule has 0 aliphatic rings. The molecule has 0 radical (unpaired) electrons. The van der Waals surface area contributed by atoms with Crippen molar-refractivity contribution in [2.24, 2.45) is 0 Å². The predicted octanol–water partition coefficient (Wildman–Crippen LogP) is 1.56. The summed E-state index contributed by atoms with van der Waals surface area (Å²) in [5.74, 6) is -1.51. The van der Waals surface area contributed by atoms with Crippen LogP contribution in [0.25, 0.3) is 0 Å². The molecule has 5 heteroatoms. The molecule has 1 aromatic heterocycles. The van der Waals surface area contributed by atoms with Crippen LogP contribution in [0.5, 0.6) is 5.75 Å². The lowest BCUT2D eigenvalue weighted by Gasteiger charge is -2.01. The van der Waals surface area contributed by atoms with Crippen molar-refractivity contribution < 1.29 is 15.0 Å². The van der Waals surface area contributed by atoms with Gasteiger partial charge in [0.25, 0.3) is 0 Å². The zero-order valence-electron chi connectivity index (χ0n) is 6.21. The van der Waals surface area contributed by atoms with Gasteiger partial charge in [-0.05, 0) is 28.9 Å². The largest absolute Gasteiger partial charge is 0.504 e. The van der Waals surface area contributed by atoms with Crippen LogP contribution in [0.1, 0.15) is 16.1 Å². The highest BCUT2D eigenvalue weighted by atomic mass is 79.9. The van der Waals surface area contributed by atoms with Gasteiger partial charge in [0, 0.05) is 5.69 Å². The molecule has 2 N–H and O–H groups in total. The Morgan fingerprint density at radius 2 is 2.25 bits per heavy atom. The molecule has 4 nitrogen and oxygen atoms in total. The number of carbonyl (C=O) groups is 1. The molecule has 1 heterocycles. The predicted molar refractivity (Wildman–Crippen MR) is 45.3 cm³/mol. The first-order chi connectivity index (χ1) is 5.52. The maximum atomic E-state index is 10.5. The van der Waals surface area contributed by atoms with E-state index in [0.29, 0.717) is 5.69 Å². The van der Waals surface area contributed by atoms with E-state index in [1.54, 1.807) is 6.92 Å². The first kappa shape index (κ1) is 8.99. The standard InChI is InChI=1S/C7H6BrNO3/c1-3-2-4(7(11)12)5(10)6(8)9-3/h2,10H,1H3,(H,11,12). The van der Waals surface area contributed by atoms with E-state index in [4.69, 9.17) is 5.11 Å². The minimum absolute atomic E-state index is 0.144. The average Bonchev–Trinajstić information content (AvgIpc) is 1.96. The van der Waals surface area contributed by atoms with Gasteiger partial charge in [0.2, 0.25) is 0 Å². The Balaban J connectivity index is 3.37. The van der Waals surface area contributed by atoms with E-state index in [9.17, 15) is 9.90 Å². The van der Waals surface area contributed by atoms with E-state index in [-0.39, 0.29) is 15.9 Å². The average molecular weight is 232 g/mol. The summed E-state index contributed by atoms with van der Waals surface area (Å²) in [6, 6.07) is 1.31. The molecule has 0 bridgehead atoms. The van der Waals surface area contributed by atoms with Crippen LogP contribution in [0.2, 0.25) is 0 Å². The summed E-state index contributed by atoms with van der Waals surface area (Å²) in [6.07, 6.45) is 0. The highest BCUT2D eigenvalue weighted by Gasteiger charge is 2.13. The first-order valence-electron chi connectivity index (χ1n) is 3.11. The number of rotatable bonds is 1. The van der Waals surface area contributed by atoms with Gasteiger partial charge in [-0.1, -0.05) is 0 Å². The number of nitrogens with zero attached hydrogens (tertiary/aromatic N) is 1. The molecule has 64 valence electrons. The van der Waals surface area contributed by atoms with Gasteiger partial charge >= 0.3 is 5.97 Å². The summed E-state index contributed by atoms with van der Waals surface area (Å²) in [4.78, 5) is 14.3. The second-order valence-corrected chi connectivity index (χ2v) is 3.01. The molecular formula is C7H6BrNO3. The number of halogens is 1. The van der Waals surface area contributed by atoms with Gasteiger partial charge in [-0.25, -0.2) is 9.78 Å². The lowest BCUT2D eigenvalue weighted by Crippen LogP contribution is -1.99. The number of hydrogen-bond donors (Lipinski definition) is 2. The Hall–Kier alpha value is -1.10. The monoisotopic (exact) mass is 231 g/mol. The highest BCUT2D eigenvalue weighted by molar-refractivity contribution is 9.10. The van der Waals surface area contributed by atoms with Crippen molar-refractivity contribution in [2.75, 3.05) is 0 Å². The smallest absolute Gasteiger partial charge is 0.339 e. The molecule has 1 rings (SSSR count). The topological polar surface area (TPSA) is 70.4 Å². The number of carboxylic acid groups (broad SMARTS) is 1. The molecule has 12 heavy (non-hydrogen) atoms. The summed E-state index contributed by atoms with van der Waals surface area (Å²) in [7, 11) is 0. The molecule has 0 aromatic carbocycles. The fraction of sp³-hybridized carbons (Fsp3) is 0.143. The van der Waals surface area contributed by atoms with Crippen LogP contribution in [0, 0.1) is 6.92 Å². The van der Waals surface area contributed by atoms with Crippen molar-refractivity contribution in [3.63, 3.8) is 0 Å². The molecule has 0 aliphatic heterocycles. The van der Waals surface area contributed by atoms with E-state index in [1.807, 2.05) is 0 Å². The molecule has 0 fully saturated rings. The number of hydrogen-bond acceptors (Lipinski definition) is 3. The van der Waals surface area contributed by atoms with Crippen LogP contribution < -0.4 is 0 Å². The van der Waals surface area contributed by atoms with Crippen molar-refractivity contribution in [3.8, 4) is 5.75 Å². The number of aryl methyl sites for hydroxylation is 1. The third-order valence-corrected chi connectivity index (χ3v) is 1.86. The van der Waals surface area contributed by atoms with Crippen molar-refractivity contribution in [2.45, 2.75) is 6.92 Å². The molecule has 1 aromatic rings. The minimum Gasteiger partial charge on any atom is -0.504 e. The van der Waals surface area contributed by atoms with Crippen LogP contribution in [0.15, 0.2) is 10.7 Å². The van der Waals surface area contributed by atoms with Crippen molar-refractivity contribution in [1.29, 1.82) is 0 Å². The normalized spacial score (nSPS) is 9.83. The summed E-state index contributed by atoms with van der Waals surface area (Å²) in [5.41, 5.74) is 0.395. The van der Waals surface area contributed by atoms with Gasteiger partial charge < -0.3 is 10.2 Å². The third kappa shape index (κ3) is 1.55. The molecule has 0 unspecified atom stereocenters. The van der Waals surface area contributed by atoms with E-state index >= 15 is 0 Å². The molecule has 0 atom stereocenters. The number of carboxylic acids is 1. The Labute approximate surface area is 77.0 Å². The Bertz CT molecular complexity index is 338. The van der Waals surface area contributed by atoms with E-state index in [0.717, 1.165) is 0 Å². The van der Waals surface area contributed by atoms with Crippen molar-refractivity contribution in [3.05, 3.63) is 21.9 Å². The van der Waals surface area contributed by atoms with Gasteiger partial charge in [0.05, 0.1) is 0 Å². The van der Waals surface area contributed by atoms with Crippen LogP contribution in [0.4, 0.5) is 0 Å². The maximum Gasteiger partial charge on any atom is 0.339 e. The first-order valence-corrected chi connectivity index (χ1v) is 3.91. The highest BCUT2D eigenvalue weighted by Crippen LogP contribution is 2.26. The summed E-state index contributed by atoms with van der Waals surface area (Å²) >= 11 is 2.94. The molecule has 0 spiro atoms. The summed E-state index contributed by atoms with van der Waals surface area (Å²) < 4.78 is 0.153. The molecular weight excluding hydrogens is 226 g/mol. The number of aromatic carboxylic acids is 1. The molecule has 0 saturated heterocycles. The van der Waals surface area contributed by atoms with Crippen LogP contribution in [0.3, 0.4) is 0 Å². The van der Waals surface area contributed by atoms with E-state index in [2.05, 4.69) is 20.9 Å². The van der Waals surface area contributed by atoms with Gasteiger partial charge in [-0.2, -0.15) is 0 Å². The zero-order chi connectivity index (χ0) is 9.30. The van der Waals surface area contributed by atoms with Crippen LogP contribution >= 0.6 is 15.9 Å². The van der Waals surface area contributed by atoms with Crippen LogP contribution in [-0.4, -0.2) is 21.2 Å². The number of pyridine rings is 1. The number of aromatic nitrogens is 1.